The highest BCUT2D eigenvalue weighted by molar-refractivity contribution is 5.91. The van der Waals surface area contributed by atoms with Crippen LogP contribution in [0.4, 0.5) is 4.79 Å². The summed E-state index contributed by atoms with van der Waals surface area (Å²) in [7, 11) is 0. The number of ether oxygens (including phenoxy) is 1. The number of nitrogens with one attached hydrogen (secondary N) is 1. The van der Waals surface area contributed by atoms with Gasteiger partial charge in [-0.3, -0.25) is 4.79 Å². The molecule has 18 heavy (non-hydrogen) atoms. The van der Waals surface area contributed by atoms with E-state index in [9.17, 15) is 9.59 Å². The van der Waals surface area contributed by atoms with Crippen molar-refractivity contribution in [1.82, 2.24) is 14.9 Å². The number of imidazole rings is 1. The fraction of sp³-hybridized carbons (Fsp3) is 0.583. The zero-order valence-electron chi connectivity index (χ0n) is 11.2. The SMILES string of the molecule is CC(=O)c1cn(CCNC(=O)OC(C)(C)C)cn1. The number of ketones is 1. The van der Waals surface area contributed by atoms with E-state index in [4.69, 9.17) is 4.74 Å². The summed E-state index contributed by atoms with van der Waals surface area (Å²) in [5.41, 5.74) is -0.0757. The van der Waals surface area contributed by atoms with Gasteiger partial charge in [-0.25, -0.2) is 9.78 Å². The van der Waals surface area contributed by atoms with Gasteiger partial charge in [-0.15, -0.1) is 0 Å². The molecule has 0 saturated carbocycles. The van der Waals surface area contributed by atoms with Crippen LogP contribution < -0.4 is 5.32 Å². The second-order valence-electron chi connectivity index (χ2n) is 4.98. The Balaban J connectivity index is 2.33. The molecule has 1 N–H and O–H groups in total. The molecule has 0 spiro atoms. The Morgan fingerprint density at radius 2 is 2.11 bits per heavy atom. The first-order chi connectivity index (χ1) is 8.28. The third kappa shape index (κ3) is 4.99. The van der Waals surface area contributed by atoms with Gasteiger partial charge in [0.2, 0.25) is 0 Å². The van der Waals surface area contributed by atoms with Crippen LogP contribution >= 0.6 is 0 Å². The van der Waals surface area contributed by atoms with Crippen molar-refractivity contribution in [3.05, 3.63) is 18.2 Å². The van der Waals surface area contributed by atoms with E-state index in [0.29, 0.717) is 18.8 Å². The lowest BCUT2D eigenvalue weighted by atomic mass is 10.2. The molecule has 0 atom stereocenters. The fourth-order valence-electron chi connectivity index (χ4n) is 1.27. The van der Waals surface area contributed by atoms with Crippen LogP contribution in [-0.4, -0.2) is 33.6 Å². The van der Waals surface area contributed by atoms with Gasteiger partial charge in [-0.1, -0.05) is 0 Å². The molecule has 1 aromatic rings. The van der Waals surface area contributed by atoms with Crippen molar-refractivity contribution in [1.29, 1.82) is 0 Å². The summed E-state index contributed by atoms with van der Waals surface area (Å²) in [5.74, 6) is -0.0751. The Kier molecular flexibility index (Phi) is 4.47. The molecule has 0 fully saturated rings. The van der Waals surface area contributed by atoms with Crippen LogP contribution in [-0.2, 0) is 11.3 Å². The first-order valence-corrected chi connectivity index (χ1v) is 5.77. The van der Waals surface area contributed by atoms with E-state index in [2.05, 4.69) is 10.3 Å². The maximum absolute atomic E-state index is 11.3. The van der Waals surface area contributed by atoms with E-state index in [-0.39, 0.29) is 5.78 Å². The minimum Gasteiger partial charge on any atom is -0.444 e. The highest BCUT2D eigenvalue weighted by atomic mass is 16.6. The molecule has 0 bridgehead atoms. The minimum absolute atomic E-state index is 0.0751. The van der Waals surface area contributed by atoms with Crippen molar-refractivity contribution >= 4 is 11.9 Å². The maximum Gasteiger partial charge on any atom is 0.407 e. The number of nitrogens with zero attached hydrogens (tertiary/aromatic N) is 2. The molecule has 0 saturated heterocycles. The van der Waals surface area contributed by atoms with E-state index in [0.717, 1.165) is 0 Å². The highest BCUT2D eigenvalue weighted by Gasteiger charge is 2.15. The number of Topliss-reactive ketones (excluding diaryl/α,β-unsaturated/α-hetero) is 1. The molecule has 6 heteroatoms. The van der Waals surface area contributed by atoms with Gasteiger partial charge < -0.3 is 14.6 Å². The predicted molar refractivity (Wildman–Crippen MR) is 66.5 cm³/mol. The van der Waals surface area contributed by atoms with Crippen LogP contribution in [0.1, 0.15) is 38.2 Å². The monoisotopic (exact) mass is 253 g/mol. The number of carbonyl (C=O) groups excluding carboxylic acids is 2. The number of alkyl carbamates (subject to hydrolysis) is 1. The standard InChI is InChI=1S/C12H19N3O3/c1-9(16)10-7-15(8-14-10)6-5-13-11(17)18-12(2,3)4/h7-8H,5-6H2,1-4H3,(H,13,17). The van der Waals surface area contributed by atoms with Crippen LogP contribution in [0.2, 0.25) is 0 Å². The molecule has 0 unspecified atom stereocenters. The summed E-state index contributed by atoms with van der Waals surface area (Å²) in [6.45, 7) is 7.85. The van der Waals surface area contributed by atoms with Crippen LogP contribution in [0, 0.1) is 0 Å². The first kappa shape index (κ1) is 14.2. The van der Waals surface area contributed by atoms with Gasteiger partial charge in [0.25, 0.3) is 0 Å². The van der Waals surface area contributed by atoms with Gasteiger partial charge in [-0.05, 0) is 20.8 Å². The van der Waals surface area contributed by atoms with Gasteiger partial charge in [-0.2, -0.15) is 0 Å². The largest absolute Gasteiger partial charge is 0.444 e. The maximum atomic E-state index is 11.3. The molecule has 0 aliphatic carbocycles. The van der Waals surface area contributed by atoms with Crippen molar-refractivity contribution in [3.8, 4) is 0 Å². The second kappa shape index (κ2) is 5.66. The van der Waals surface area contributed by atoms with Gasteiger partial charge in [0.1, 0.15) is 11.3 Å². The molecule has 1 rings (SSSR count). The van der Waals surface area contributed by atoms with Crippen LogP contribution in [0.3, 0.4) is 0 Å². The van der Waals surface area contributed by atoms with Crippen LogP contribution in [0.15, 0.2) is 12.5 Å². The second-order valence-corrected chi connectivity index (χ2v) is 4.98. The summed E-state index contributed by atoms with van der Waals surface area (Å²) in [6.07, 6.45) is 2.77. The summed E-state index contributed by atoms with van der Waals surface area (Å²) in [6, 6.07) is 0. The zero-order chi connectivity index (χ0) is 13.8. The number of carbonyl (C=O) groups is 2. The Labute approximate surface area is 106 Å². The van der Waals surface area contributed by atoms with E-state index in [1.54, 1.807) is 17.1 Å². The summed E-state index contributed by atoms with van der Waals surface area (Å²) >= 11 is 0. The van der Waals surface area contributed by atoms with Gasteiger partial charge >= 0.3 is 6.09 Å². The molecule has 0 aliphatic rings. The number of aromatic nitrogens is 2. The van der Waals surface area contributed by atoms with E-state index in [1.165, 1.54) is 6.92 Å². The average molecular weight is 253 g/mol. The Morgan fingerprint density at radius 3 is 2.61 bits per heavy atom. The van der Waals surface area contributed by atoms with Gasteiger partial charge in [0.15, 0.2) is 5.78 Å². The number of hydrogen-bond donors (Lipinski definition) is 1. The van der Waals surface area contributed by atoms with Crippen LogP contribution in [0.25, 0.3) is 0 Å². The molecular formula is C12H19N3O3. The van der Waals surface area contributed by atoms with Gasteiger partial charge in [0, 0.05) is 26.2 Å². The predicted octanol–water partition coefficient (Wildman–Crippen LogP) is 1.61. The number of hydrogen-bond acceptors (Lipinski definition) is 4. The lowest BCUT2D eigenvalue weighted by molar-refractivity contribution is 0.0526. The number of rotatable bonds is 4. The Hall–Kier alpha value is -1.85. The van der Waals surface area contributed by atoms with Crippen molar-refractivity contribution in [2.24, 2.45) is 0 Å². The third-order valence-corrected chi connectivity index (χ3v) is 2.03. The molecule has 0 aromatic carbocycles. The minimum atomic E-state index is -0.499. The van der Waals surface area contributed by atoms with Crippen molar-refractivity contribution in [2.75, 3.05) is 6.54 Å². The molecule has 1 heterocycles. The van der Waals surface area contributed by atoms with E-state index >= 15 is 0 Å². The molecule has 0 aliphatic heterocycles. The normalized spacial score (nSPS) is 11.1. The highest BCUT2D eigenvalue weighted by Crippen LogP contribution is 2.06. The topological polar surface area (TPSA) is 73.2 Å². The number of amides is 1. The van der Waals surface area contributed by atoms with Crippen molar-refractivity contribution < 1.29 is 14.3 Å². The van der Waals surface area contributed by atoms with E-state index in [1.807, 2.05) is 20.8 Å². The molecule has 0 radical (unpaired) electrons. The lowest BCUT2D eigenvalue weighted by Crippen LogP contribution is -2.34. The molecule has 100 valence electrons. The third-order valence-electron chi connectivity index (χ3n) is 2.03. The molecular weight excluding hydrogens is 234 g/mol. The zero-order valence-corrected chi connectivity index (χ0v) is 11.2. The van der Waals surface area contributed by atoms with E-state index < -0.39 is 11.7 Å². The van der Waals surface area contributed by atoms with Crippen LogP contribution in [0.5, 0.6) is 0 Å². The molecule has 6 nitrogen and oxygen atoms in total. The summed E-state index contributed by atoms with van der Waals surface area (Å²) in [4.78, 5) is 26.3. The summed E-state index contributed by atoms with van der Waals surface area (Å²) < 4.78 is 6.83. The van der Waals surface area contributed by atoms with Crippen molar-refractivity contribution in [3.63, 3.8) is 0 Å². The van der Waals surface area contributed by atoms with Gasteiger partial charge in [0.05, 0.1) is 6.33 Å². The molecule has 1 aromatic heterocycles. The fourth-order valence-corrected chi connectivity index (χ4v) is 1.27. The first-order valence-electron chi connectivity index (χ1n) is 5.77. The smallest absolute Gasteiger partial charge is 0.407 e. The lowest BCUT2D eigenvalue weighted by Gasteiger charge is -2.19. The summed E-state index contributed by atoms with van der Waals surface area (Å²) in [5, 5.41) is 2.63. The Morgan fingerprint density at radius 1 is 1.44 bits per heavy atom. The van der Waals surface area contributed by atoms with Crippen molar-refractivity contribution in [2.45, 2.75) is 39.8 Å². The quantitative estimate of drug-likeness (QED) is 0.827. The average Bonchev–Trinajstić information content (AvgIpc) is 2.63. The molecule has 1 amide bonds. The Bertz CT molecular complexity index is 432.